The van der Waals surface area contributed by atoms with Crippen molar-refractivity contribution in [2.24, 2.45) is 5.73 Å². The van der Waals surface area contributed by atoms with Crippen LogP contribution < -0.4 is 11.1 Å². The highest BCUT2D eigenvalue weighted by Crippen LogP contribution is 2.17. The first-order valence-electron chi connectivity index (χ1n) is 5.66. The smallest absolute Gasteiger partial charge is 0.328 e. The largest absolute Gasteiger partial charge is 0.464 e. The van der Waals surface area contributed by atoms with Crippen LogP contribution in [0.3, 0.4) is 0 Å². The monoisotopic (exact) mass is 267 g/mol. The lowest BCUT2D eigenvalue weighted by atomic mass is 10.1. The van der Waals surface area contributed by atoms with Gasteiger partial charge in [0, 0.05) is 6.20 Å². The van der Waals surface area contributed by atoms with E-state index in [2.05, 4.69) is 10.3 Å². The number of thiocarbonyl (C=S) groups is 1. The number of anilines is 1. The molecule has 0 aliphatic rings. The summed E-state index contributed by atoms with van der Waals surface area (Å²) in [6.07, 6.45) is 1.64. The van der Waals surface area contributed by atoms with E-state index in [0.29, 0.717) is 18.0 Å². The number of nitrogens with one attached hydrogen (secondary N) is 1. The topological polar surface area (TPSA) is 77.2 Å². The van der Waals surface area contributed by atoms with Crippen molar-refractivity contribution in [2.45, 2.75) is 26.8 Å². The maximum atomic E-state index is 11.5. The average molecular weight is 267 g/mol. The van der Waals surface area contributed by atoms with Crippen LogP contribution >= 0.6 is 12.2 Å². The maximum absolute atomic E-state index is 11.5. The second kappa shape index (κ2) is 6.30. The highest BCUT2D eigenvalue weighted by molar-refractivity contribution is 7.80. The molecular formula is C12H17N3O2S. The number of nitrogens with two attached hydrogens (primary N) is 1. The molecule has 18 heavy (non-hydrogen) atoms. The van der Waals surface area contributed by atoms with Gasteiger partial charge in [-0.1, -0.05) is 12.2 Å². The van der Waals surface area contributed by atoms with E-state index >= 15 is 0 Å². The van der Waals surface area contributed by atoms with Crippen LogP contribution in [0.5, 0.6) is 0 Å². The molecule has 0 aliphatic carbocycles. The summed E-state index contributed by atoms with van der Waals surface area (Å²) in [5.74, 6) is 0.165. The van der Waals surface area contributed by atoms with Gasteiger partial charge in [-0.25, -0.2) is 9.78 Å². The van der Waals surface area contributed by atoms with E-state index in [0.717, 1.165) is 5.56 Å². The molecular weight excluding hydrogens is 250 g/mol. The van der Waals surface area contributed by atoms with Crippen LogP contribution in [0.2, 0.25) is 0 Å². The number of hydrogen-bond donors (Lipinski definition) is 2. The molecule has 1 aromatic heterocycles. The van der Waals surface area contributed by atoms with E-state index in [1.165, 1.54) is 0 Å². The lowest BCUT2D eigenvalue weighted by molar-refractivity contribution is -0.143. The molecule has 5 nitrogen and oxygen atoms in total. The van der Waals surface area contributed by atoms with E-state index in [1.807, 2.05) is 13.0 Å². The number of aromatic nitrogens is 1. The first kappa shape index (κ1) is 14.4. The van der Waals surface area contributed by atoms with Crippen LogP contribution in [0.25, 0.3) is 0 Å². The van der Waals surface area contributed by atoms with Crippen molar-refractivity contribution in [3.05, 3.63) is 23.4 Å². The Morgan fingerprint density at radius 3 is 2.89 bits per heavy atom. The summed E-state index contributed by atoms with van der Waals surface area (Å²) in [5, 5.41) is 2.96. The molecule has 0 saturated carbocycles. The summed E-state index contributed by atoms with van der Waals surface area (Å²) >= 11 is 4.99. The van der Waals surface area contributed by atoms with Crippen molar-refractivity contribution < 1.29 is 9.53 Å². The number of carbonyl (C=O) groups is 1. The molecule has 1 rings (SSSR count). The predicted molar refractivity (Wildman–Crippen MR) is 74.6 cm³/mol. The number of nitrogens with zero attached hydrogens (tertiary/aromatic N) is 1. The molecule has 3 N–H and O–H groups in total. The van der Waals surface area contributed by atoms with E-state index in [1.54, 1.807) is 20.0 Å². The summed E-state index contributed by atoms with van der Waals surface area (Å²) in [4.78, 5) is 15.9. The van der Waals surface area contributed by atoms with Crippen molar-refractivity contribution in [1.82, 2.24) is 4.98 Å². The molecule has 98 valence electrons. The summed E-state index contributed by atoms with van der Waals surface area (Å²) in [6.45, 7) is 5.69. The number of rotatable bonds is 5. The second-order valence-corrected chi connectivity index (χ2v) is 4.27. The van der Waals surface area contributed by atoms with Crippen LogP contribution in [0.4, 0.5) is 5.82 Å². The van der Waals surface area contributed by atoms with Gasteiger partial charge < -0.3 is 15.8 Å². The fraction of sp³-hybridized carbons (Fsp3) is 0.417. The van der Waals surface area contributed by atoms with E-state index in [4.69, 9.17) is 22.7 Å². The number of carbonyl (C=O) groups excluding carboxylic acids is 1. The minimum Gasteiger partial charge on any atom is -0.464 e. The molecule has 1 heterocycles. The first-order chi connectivity index (χ1) is 8.47. The number of pyridine rings is 1. The molecule has 6 heteroatoms. The van der Waals surface area contributed by atoms with Gasteiger partial charge in [0.25, 0.3) is 0 Å². The highest BCUT2D eigenvalue weighted by atomic mass is 32.1. The van der Waals surface area contributed by atoms with Crippen molar-refractivity contribution in [2.75, 3.05) is 11.9 Å². The third kappa shape index (κ3) is 3.40. The van der Waals surface area contributed by atoms with Gasteiger partial charge in [-0.05, 0) is 32.4 Å². The molecule has 0 aromatic carbocycles. The molecule has 0 amide bonds. The second-order valence-electron chi connectivity index (χ2n) is 3.83. The molecule has 0 radical (unpaired) electrons. The van der Waals surface area contributed by atoms with E-state index in [-0.39, 0.29) is 11.0 Å². The zero-order chi connectivity index (χ0) is 13.7. The Hall–Kier alpha value is -1.69. The number of ether oxygens (including phenoxy) is 1. The molecule has 0 bridgehead atoms. The van der Waals surface area contributed by atoms with Crippen LogP contribution in [0.15, 0.2) is 12.3 Å². The van der Waals surface area contributed by atoms with Gasteiger partial charge in [-0.2, -0.15) is 0 Å². The van der Waals surface area contributed by atoms with Gasteiger partial charge in [0.15, 0.2) is 0 Å². The predicted octanol–water partition coefficient (Wildman–Crippen LogP) is 1.39. The third-order valence-corrected chi connectivity index (χ3v) is 2.60. The fourth-order valence-electron chi connectivity index (χ4n) is 1.51. The summed E-state index contributed by atoms with van der Waals surface area (Å²) in [7, 11) is 0. The lowest BCUT2D eigenvalue weighted by Gasteiger charge is -2.16. The van der Waals surface area contributed by atoms with Gasteiger partial charge in [-0.15, -0.1) is 0 Å². The number of aryl methyl sites for hydroxylation is 1. The summed E-state index contributed by atoms with van der Waals surface area (Å²) in [6, 6.07) is 1.31. The molecule has 1 unspecified atom stereocenters. The minimum atomic E-state index is -0.507. The van der Waals surface area contributed by atoms with Crippen LogP contribution in [-0.2, 0) is 9.53 Å². The standard InChI is InChI=1S/C12H17N3O2S/c1-4-17-12(16)8(3)15-11-9(10(13)18)7(2)5-6-14-11/h5-6,8H,4H2,1-3H3,(H2,13,18)(H,14,15). The zero-order valence-electron chi connectivity index (χ0n) is 10.7. The van der Waals surface area contributed by atoms with Crippen molar-refractivity contribution in [3.8, 4) is 0 Å². The molecule has 1 aromatic rings. The van der Waals surface area contributed by atoms with Gasteiger partial charge >= 0.3 is 5.97 Å². The van der Waals surface area contributed by atoms with E-state index < -0.39 is 6.04 Å². The first-order valence-corrected chi connectivity index (χ1v) is 6.06. The highest BCUT2D eigenvalue weighted by Gasteiger charge is 2.17. The Morgan fingerprint density at radius 2 is 2.33 bits per heavy atom. The lowest BCUT2D eigenvalue weighted by Crippen LogP contribution is -2.30. The Bertz CT molecular complexity index is 463. The quantitative estimate of drug-likeness (QED) is 0.620. The maximum Gasteiger partial charge on any atom is 0.328 e. The summed E-state index contributed by atoms with van der Waals surface area (Å²) in [5.41, 5.74) is 7.23. The zero-order valence-corrected chi connectivity index (χ0v) is 11.5. The van der Waals surface area contributed by atoms with Crippen LogP contribution in [0, 0.1) is 6.92 Å². The van der Waals surface area contributed by atoms with Gasteiger partial charge in [0.05, 0.1) is 12.2 Å². The van der Waals surface area contributed by atoms with Crippen molar-refractivity contribution in [3.63, 3.8) is 0 Å². The number of esters is 1. The van der Waals surface area contributed by atoms with Crippen molar-refractivity contribution >= 4 is 29.0 Å². The third-order valence-electron chi connectivity index (χ3n) is 2.40. The van der Waals surface area contributed by atoms with Gasteiger partial charge in [0.1, 0.15) is 16.8 Å². The van der Waals surface area contributed by atoms with Crippen LogP contribution in [0.1, 0.15) is 25.0 Å². The Morgan fingerprint density at radius 1 is 1.67 bits per heavy atom. The SMILES string of the molecule is CCOC(=O)C(C)Nc1nccc(C)c1C(N)=S. The van der Waals surface area contributed by atoms with Crippen LogP contribution in [-0.4, -0.2) is 28.6 Å². The molecule has 0 spiro atoms. The molecule has 0 aliphatic heterocycles. The normalized spacial score (nSPS) is 11.7. The van der Waals surface area contributed by atoms with Crippen molar-refractivity contribution in [1.29, 1.82) is 0 Å². The average Bonchev–Trinajstić information content (AvgIpc) is 2.28. The van der Waals surface area contributed by atoms with E-state index in [9.17, 15) is 4.79 Å². The Balaban J connectivity index is 2.94. The fourth-order valence-corrected chi connectivity index (χ4v) is 1.77. The molecule has 0 saturated heterocycles. The molecule has 1 atom stereocenters. The Kier molecular flexibility index (Phi) is 5.03. The Labute approximate surface area is 112 Å². The summed E-state index contributed by atoms with van der Waals surface area (Å²) < 4.78 is 4.91. The number of hydrogen-bond acceptors (Lipinski definition) is 5. The molecule has 0 fully saturated rings. The van der Waals surface area contributed by atoms with Gasteiger partial charge in [0.2, 0.25) is 0 Å². The minimum absolute atomic E-state index is 0.249. The van der Waals surface area contributed by atoms with Gasteiger partial charge in [-0.3, -0.25) is 0 Å².